The second-order valence-corrected chi connectivity index (χ2v) is 7.28. The zero-order valence-electron chi connectivity index (χ0n) is 15.9. The van der Waals surface area contributed by atoms with E-state index in [9.17, 15) is 4.79 Å². The molecule has 0 aliphatic carbocycles. The van der Waals surface area contributed by atoms with Crippen LogP contribution < -0.4 is 4.74 Å². The lowest BCUT2D eigenvalue weighted by Crippen LogP contribution is -2.42. The molecule has 1 amide bonds. The number of aromatic amines is 1. The lowest BCUT2D eigenvalue weighted by Gasteiger charge is -2.32. The summed E-state index contributed by atoms with van der Waals surface area (Å²) in [5, 5.41) is 8.11. The molecule has 0 unspecified atom stereocenters. The largest absolute Gasteiger partial charge is 0.493 e. The number of hydrogen-bond acceptors (Lipinski definition) is 4. The van der Waals surface area contributed by atoms with Gasteiger partial charge in [-0.1, -0.05) is 29.8 Å². The molecule has 0 saturated carbocycles. The minimum atomic E-state index is -0.237. The zero-order valence-corrected chi connectivity index (χ0v) is 16.6. The van der Waals surface area contributed by atoms with Crippen LogP contribution in [0, 0.1) is 0 Å². The Hall–Kier alpha value is -2.83. The molecule has 29 heavy (non-hydrogen) atoms. The number of halogens is 1. The molecule has 6 nitrogen and oxygen atoms in total. The van der Waals surface area contributed by atoms with E-state index in [-0.39, 0.29) is 12.0 Å². The normalized spacial score (nSPS) is 16.6. The van der Waals surface area contributed by atoms with E-state index in [1.54, 1.807) is 12.1 Å². The molecule has 1 saturated heterocycles. The summed E-state index contributed by atoms with van der Waals surface area (Å²) in [7, 11) is 0. The van der Waals surface area contributed by atoms with Gasteiger partial charge >= 0.3 is 0 Å². The van der Waals surface area contributed by atoms with Crippen molar-refractivity contribution >= 4 is 17.5 Å². The summed E-state index contributed by atoms with van der Waals surface area (Å²) in [6.45, 7) is 2.08. The van der Waals surface area contributed by atoms with Crippen LogP contribution in [0.2, 0.25) is 5.02 Å². The van der Waals surface area contributed by atoms with Gasteiger partial charge in [-0.2, -0.15) is 5.10 Å². The number of ether oxygens (including phenoxy) is 2. The van der Waals surface area contributed by atoms with E-state index in [0.29, 0.717) is 43.3 Å². The summed E-state index contributed by atoms with van der Waals surface area (Å²) in [4.78, 5) is 14.5. The van der Waals surface area contributed by atoms with Crippen LogP contribution in [0.1, 0.15) is 27.8 Å². The quantitative estimate of drug-likeness (QED) is 0.668. The first-order valence-electron chi connectivity index (χ1n) is 9.57. The van der Waals surface area contributed by atoms with Crippen LogP contribution in [0.3, 0.4) is 0 Å². The molecular weight excluding hydrogens is 390 g/mol. The third-order valence-corrected chi connectivity index (χ3v) is 5.06. The van der Waals surface area contributed by atoms with Crippen LogP contribution in [0.15, 0.2) is 60.7 Å². The third kappa shape index (κ3) is 4.96. The highest BCUT2D eigenvalue weighted by atomic mass is 35.5. The Morgan fingerprint density at radius 2 is 2.00 bits per heavy atom. The minimum Gasteiger partial charge on any atom is -0.493 e. The van der Waals surface area contributed by atoms with E-state index >= 15 is 0 Å². The lowest BCUT2D eigenvalue weighted by molar-refractivity contribution is -0.0247. The van der Waals surface area contributed by atoms with Crippen molar-refractivity contribution in [2.24, 2.45) is 0 Å². The molecule has 1 atom stereocenters. The summed E-state index contributed by atoms with van der Waals surface area (Å²) >= 11 is 5.88. The topological polar surface area (TPSA) is 67.5 Å². The van der Waals surface area contributed by atoms with Crippen LogP contribution in [0.5, 0.6) is 5.75 Å². The number of hydrogen-bond donors (Lipinski definition) is 1. The Labute approximate surface area is 174 Å². The molecule has 1 aliphatic heterocycles. The Balaban J connectivity index is 1.32. The highest BCUT2D eigenvalue weighted by Crippen LogP contribution is 2.23. The second kappa shape index (κ2) is 9.11. The van der Waals surface area contributed by atoms with Crippen LogP contribution >= 0.6 is 11.6 Å². The fourth-order valence-corrected chi connectivity index (χ4v) is 3.38. The van der Waals surface area contributed by atoms with Crippen molar-refractivity contribution < 1.29 is 14.3 Å². The highest BCUT2D eigenvalue weighted by molar-refractivity contribution is 6.30. The van der Waals surface area contributed by atoms with Gasteiger partial charge in [0.15, 0.2) is 0 Å². The maximum atomic E-state index is 12.7. The molecule has 7 heteroatoms. The van der Waals surface area contributed by atoms with E-state index in [4.69, 9.17) is 21.1 Å². The Morgan fingerprint density at radius 3 is 2.79 bits per heavy atom. The monoisotopic (exact) mass is 411 g/mol. The van der Waals surface area contributed by atoms with Gasteiger partial charge in [0.25, 0.3) is 5.91 Å². The number of nitrogens with one attached hydrogen (secondary N) is 1. The molecule has 4 rings (SSSR count). The fraction of sp³-hybridized carbons (Fsp3) is 0.273. The van der Waals surface area contributed by atoms with Crippen LogP contribution in [0.4, 0.5) is 0 Å². The van der Waals surface area contributed by atoms with Crippen LogP contribution in [-0.2, 0) is 11.2 Å². The van der Waals surface area contributed by atoms with Crippen molar-refractivity contribution in [1.82, 2.24) is 15.1 Å². The van der Waals surface area contributed by atoms with E-state index in [2.05, 4.69) is 10.2 Å². The first-order valence-corrected chi connectivity index (χ1v) is 9.95. The summed E-state index contributed by atoms with van der Waals surface area (Å²) in [6.07, 6.45) is 0.452. The van der Waals surface area contributed by atoms with Crippen molar-refractivity contribution in [2.45, 2.75) is 12.5 Å². The number of morpholine rings is 1. The van der Waals surface area contributed by atoms with E-state index < -0.39 is 0 Å². The SMILES string of the molecule is O=C(c1ccccc1)N1CCO[C@@H](c2cc(CCOc3ccc(Cl)cc3)[nH]n2)C1. The molecule has 1 N–H and O–H groups in total. The third-order valence-electron chi connectivity index (χ3n) is 4.81. The molecule has 1 aliphatic rings. The van der Waals surface area contributed by atoms with Gasteiger partial charge in [0.2, 0.25) is 0 Å². The summed E-state index contributed by atoms with van der Waals surface area (Å²) in [6, 6.07) is 18.6. The smallest absolute Gasteiger partial charge is 0.254 e. The van der Waals surface area contributed by atoms with Gasteiger partial charge < -0.3 is 14.4 Å². The number of benzene rings is 2. The van der Waals surface area contributed by atoms with Crippen molar-refractivity contribution in [1.29, 1.82) is 0 Å². The van der Waals surface area contributed by atoms with Crippen molar-refractivity contribution in [3.8, 4) is 5.75 Å². The van der Waals surface area contributed by atoms with Crippen LogP contribution in [-0.4, -0.2) is 47.3 Å². The highest BCUT2D eigenvalue weighted by Gasteiger charge is 2.27. The standard InChI is InChI=1S/C22H22ClN3O3/c23-17-6-8-19(9-7-17)28-12-10-18-14-20(25-24-18)21-15-26(11-13-29-21)22(27)16-4-2-1-3-5-16/h1-9,14,21H,10-13,15H2,(H,24,25)/t21-/m1/s1. The molecule has 3 aromatic rings. The van der Waals surface area contributed by atoms with Crippen LogP contribution in [0.25, 0.3) is 0 Å². The summed E-state index contributed by atoms with van der Waals surface area (Å²) < 4.78 is 11.6. The van der Waals surface area contributed by atoms with Gasteiger partial charge in [-0.05, 0) is 42.5 Å². The van der Waals surface area contributed by atoms with Crippen molar-refractivity contribution in [3.05, 3.63) is 82.6 Å². The molecule has 1 fully saturated rings. The van der Waals surface area contributed by atoms with Crippen molar-refractivity contribution in [3.63, 3.8) is 0 Å². The van der Waals surface area contributed by atoms with Gasteiger partial charge in [-0.15, -0.1) is 0 Å². The lowest BCUT2D eigenvalue weighted by atomic mass is 10.1. The van der Waals surface area contributed by atoms with E-state index in [1.165, 1.54) is 0 Å². The maximum absolute atomic E-state index is 12.7. The summed E-state index contributed by atoms with van der Waals surface area (Å²) in [5.74, 6) is 0.797. The van der Waals surface area contributed by atoms with Gasteiger partial charge in [0, 0.05) is 29.2 Å². The van der Waals surface area contributed by atoms with Gasteiger partial charge in [-0.3, -0.25) is 9.89 Å². The summed E-state index contributed by atoms with van der Waals surface area (Å²) in [5.41, 5.74) is 2.45. The second-order valence-electron chi connectivity index (χ2n) is 6.85. The predicted molar refractivity (Wildman–Crippen MR) is 110 cm³/mol. The molecular formula is C22H22ClN3O3. The number of rotatable bonds is 6. The fourth-order valence-electron chi connectivity index (χ4n) is 3.26. The Kier molecular flexibility index (Phi) is 6.12. The molecule has 2 aromatic carbocycles. The number of H-pyrrole nitrogens is 1. The predicted octanol–water partition coefficient (Wildman–Crippen LogP) is 3.90. The minimum absolute atomic E-state index is 0.0195. The molecule has 1 aromatic heterocycles. The number of amides is 1. The Morgan fingerprint density at radius 1 is 1.21 bits per heavy atom. The Bertz CT molecular complexity index is 943. The van der Waals surface area contributed by atoms with E-state index in [0.717, 1.165) is 17.1 Å². The number of aromatic nitrogens is 2. The van der Waals surface area contributed by atoms with E-state index in [1.807, 2.05) is 53.4 Å². The number of nitrogens with zero attached hydrogens (tertiary/aromatic N) is 2. The number of carbonyl (C=O) groups is 1. The first kappa shape index (κ1) is 19.5. The number of carbonyl (C=O) groups excluding carboxylic acids is 1. The first-order chi connectivity index (χ1) is 14.2. The zero-order chi connectivity index (χ0) is 20.1. The molecule has 0 spiro atoms. The molecule has 2 heterocycles. The van der Waals surface area contributed by atoms with Crippen molar-refractivity contribution in [2.75, 3.05) is 26.3 Å². The average molecular weight is 412 g/mol. The van der Waals surface area contributed by atoms with Gasteiger partial charge in [0.05, 0.1) is 25.5 Å². The maximum Gasteiger partial charge on any atom is 0.254 e. The van der Waals surface area contributed by atoms with Gasteiger partial charge in [-0.25, -0.2) is 0 Å². The molecule has 0 bridgehead atoms. The average Bonchev–Trinajstić information content (AvgIpc) is 3.24. The van der Waals surface area contributed by atoms with Gasteiger partial charge in [0.1, 0.15) is 11.9 Å². The molecule has 150 valence electrons. The molecule has 0 radical (unpaired) electrons.